The summed E-state index contributed by atoms with van der Waals surface area (Å²) in [4.78, 5) is 14.2. The normalized spacial score (nSPS) is 14.9. The average Bonchev–Trinajstić information content (AvgIpc) is 2.98. The van der Waals surface area contributed by atoms with Gasteiger partial charge in [0.2, 0.25) is 0 Å². The highest BCUT2D eigenvalue weighted by atomic mass is 79.9. The number of hydrogen-bond acceptors (Lipinski definition) is 4. The predicted molar refractivity (Wildman–Crippen MR) is 155 cm³/mol. The van der Waals surface area contributed by atoms with Gasteiger partial charge in [0.1, 0.15) is 12.0 Å². The number of pyridine rings is 1. The summed E-state index contributed by atoms with van der Waals surface area (Å²) in [5.74, 6) is 1.50. The first-order valence-corrected chi connectivity index (χ1v) is 12.9. The van der Waals surface area contributed by atoms with Gasteiger partial charge in [-0.15, -0.1) is 0 Å². The van der Waals surface area contributed by atoms with E-state index in [1.807, 2.05) is 48.8 Å². The second-order valence-electron chi connectivity index (χ2n) is 8.78. The highest BCUT2D eigenvalue weighted by Crippen LogP contribution is 2.30. The molecule has 1 aliphatic heterocycles. The highest BCUT2D eigenvalue weighted by Gasteiger charge is 2.22. The van der Waals surface area contributed by atoms with Crippen LogP contribution in [0.15, 0.2) is 142 Å². The summed E-state index contributed by atoms with van der Waals surface area (Å²) in [6, 6.07) is 39.4. The molecule has 1 atom stereocenters. The maximum Gasteiger partial charge on any atom is 0.159 e. The van der Waals surface area contributed by atoms with E-state index in [1.165, 1.54) is 5.56 Å². The largest absolute Gasteiger partial charge is 0.344 e. The number of aromatic nitrogens is 1. The molecule has 0 saturated carbocycles. The number of hydrogen-bond donors (Lipinski definition) is 1. The van der Waals surface area contributed by atoms with Crippen molar-refractivity contribution in [1.29, 1.82) is 0 Å². The van der Waals surface area contributed by atoms with Gasteiger partial charge in [0.05, 0.1) is 0 Å². The number of halogens is 1. The lowest BCUT2D eigenvalue weighted by Crippen LogP contribution is -2.33. The lowest BCUT2D eigenvalue weighted by Gasteiger charge is -2.24. The number of amidine groups is 2. The smallest absolute Gasteiger partial charge is 0.159 e. The Hall–Kier alpha value is -4.35. The molecule has 0 radical (unpaired) electrons. The number of nitrogens with zero attached hydrogens (tertiary/aromatic N) is 3. The quantitative estimate of drug-likeness (QED) is 0.247. The zero-order valence-electron chi connectivity index (χ0n) is 19.9. The minimum atomic E-state index is -0.297. The lowest BCUT2D eigenvalue weighted by atomic mass is 10.0. The molecule has 1 N–H and O–H groups in total. The van der Waals surface area contributed by atoms with Crippen LogP contribution in [0.1, 0.15) is 22.9 Å². The Morgan fingerprint density at radius 2 is 1.16 bits per heavy atom. The average molecular weight is 543 g/mol. The zero-order chi connectivity index (χ0) is 25.0. The van der Waals surface area contributed by atoms with Crippen LogP contribution in [0.25, 0.3) is 22.3 Å². The van der Waals surface area contributed by atoms with E-state index >= 15 is 0 Å². The molecule has 1 aromatic heterocycles. The fraction of sp³-hybridized carbons (Fsp3) is 0.0312. The molecule has 0 spiro atoms. The van der Waals surface area contributed by atoms with Crippen LogP contribution in [0.2, 0.25) is 0 Å². The Balaban J connectivity index is 1.41. The SMILES string of the molecule is Brc1cc(-c2ccncc2)cc(C2N=C(c3ccc(-c4ccccc4)cc3)N=C(c3ccccc3)N2)c1. The molecule has 0 bridgehead atoms. The molecule has 4 aromatic carbocycles. The van der Waals surface area contributed by atoms with Gasteiger partial charge >= 0.3 is 0 Å². The van der Waals surface area contributed by atoms with Crippen molar-refractivity contribution in [1.82, 2.24) is 10.3 Å². The van der Waals surface area contributed by atoms with Crippen LogP contribution in [-0.2, 0) is 0 Å². The van der Waals surface area contributed by atoms with Gasteiger partial charge in [0, 0.05) is 28.0 Å². The number of benzene rings is 4. The van der Waals surface area contributed by atoms with E-state index < -0.39 is 0 Å². The van der Waals surface area contributed by atoms with Crippen molar-refractivity contribution in [3.05, 3.63) is 149 Å². The Labute approximate surface area is 224 Å². The van der Waals surface area contributed by atoms with Crippen molar-refractivity contribution in [2.75, 3.05) is 0 Å². The summed E-state index contributed by atoms with van der Waals surface area (Å²) in [5.41, 5.74) is 7.59. The molecule has 2 heterocycles. The fourth-order valence-electron chi connectivity index (χ4n) is 4.42. The fourth-order valence-corrected chi connectivity index (χ4v) is 4.93. The van der Waals surface area contributed by atoms with Crippen LogP contribution in [0.3, 0.4) is 0 Å². The highest BCUT2D eigenvalue weighted by molar-refractivity contribution is 9.10. The molecule has 1 aliphatic rings. The standard InChI is InChI=1S/C32H23BrN4/c33-29-20-27(24-15-17-34-18-16-24)19-28(21-29)32-36-30(25-9-5-2-6-10-25)35-31(37-32)26-13-11-23(12-14-26)22-7-3-1-4-8-22/h1-21,32H,(H,35,36,37). The van der Waals surface area contributed by atoms with Crippen molar-refractivity contribution in [2.45, 2.75) is 6.17 Å². The number of aliphatic imine (C=N–C) groups is 2. The van der Waals surface area contributed by atoms with E-state index in [9.17, 15) is 0 Å². The van der Waals surface area contributed by atoms with Gasteiger partial charge in [-0.2, -0.15) is 0 Å². The maximum absolute atomic E-state index is 5.06. The van der Waals surface area contributed by atoms with Gasteiger partial charge in [0.25, 0.3) is 0 Å². The number of rotatable bonds is 5. The van der Waals surface area contributed by atoms with Crippen molar-refractivity contribution < 1.29 is 0 Å². The molecule has 5 heteroatoms. The first-order valence-electron chi connectivity index (χ1n) is 12.1. The van der Waals surface area contributed by atoms with E-state index in [1.54, 1.807) is 0 Å². The van der Waals surface area contributed by atoms with E-state index in [4.69, 9.17) is 9.98 Å². The van der Waals surface area contributed by atoms with Gasteiger partial charge in [0.15, 0.2) is 5.84 Å². The predicted octanol–water partition coefficient (Wildman–Crippen LogP) is 7.67. The molecule has 37 heavy (non-hydrogen) atoms. The van der Waals surface area contributed by atoms with Gasteiger partial charge in [-0.05, 0) is 58.1 Å². The van der Waals surface area contributed by atoms with Crippen LogP contribution in [0, 0.1) is 0 Å². The Bertz CT molecular complexity index is 1580. The van der Waals surface area contributed by atoms with Gasteiger partial charge < -0.3 is 5.32 Å². The third kappa shape index (κ3) is 5.13. The first-order chi connectivity index (χ1) is 18.2. The summed E-state index contributed by atoms with van der Waals surface area (Å²) in [5, 5.41) is 3.56. The van der Waals surface area contributed by atoms with Gasteiger partial charge in [-0.25, -0.2) is 9.98 Å². The third-order valence-corrected chi connectivity index (χ3v) is 6.75. The molecule has 0 fully saturated rings. The first kappa shape index (κ1) is 23.1. The van der Waals surface area contributed by atoms with E-state index in [2.05, 4.69) is 105 Å². The molecule has 0 amide bonds. The topological polar surface area (TPSA) is 49.6 Å². The molecule has 5 aromatic rings. The Morgan fingerprint density at radius 1 is 0.568 bits per heavy atom. The summed E-state index contributed by atoms with van der Waals surface area (Å²) >= 11 is 3.71. The molecular weight excluding hydrogens is 520 g/mol. The second kappa shape index (κ2) is 10.3. The van der Waals surface area contributed by atoms with Crippen molar-refractivity contribution in [3.8, 4) is 22.3 Å². The zero-order valence-corrected chi connectivity index (χ0v) is 21.5. The second-order valence-corrected chi connectivity index (χ2v) is 9.69. The monoisotopic (exact) mass is 542 g/mol. The molecule has 178 valence electrons. The number of nitrogens with one attached hydrogen (secondary N) is 1. The Morgan fingerprint density at radius 3 is 1.86 bits per heavy atom. The molecule has 0 aliphatic carbocycles. The van der Waals surface area contributed by atoms with Crippen LogP contribution in [-0.4, -0.2) is 16.7 Å². The molecule has 4 nitrogen and oxygen atoms in total. The van der Waals surface area contributed by atoms with Crippen LogP contribution >= 0.6 is 15.9 Å². The van der Waals surface area contributed by atoms with Crippen molar-refractivity contribution >= 4 is 27.6 Å². The minimum Gasteiger partial charge on any atom is -0.344 e. The summed E-state index contributed by atoms with van der Waals surface area (Å²) in [7, 11) is 0. The molecule has 6 rings (SSSR count). The van der Waals surface area contributed by atoms with Crippen molar-refractivity contribution in [3.63, 3.8) is 0 Å². The van der Waals surface area contributed by atoms with Crippen LogP contribution in [0.4, 0.5) is 0 Å². The van der Waals surface area contributed by atoms with E-state index in [0.717, 1.165) is 43.7 Å². The minimum absolute atomic E-state index is 0.297. The summed E-state index contributed by atoms with van der Waals surface area (Å²) in [6.45, 7) is 0. The maximum atomic E-state index is 5.06. The van der Waals surface area contributed by atoms with Gasteiger partial charge in [-0.3, -0.25) is 4.98 Å². The summed E-state index contributed by atoms with van der Waals surface area (Å²) in [6.07, 6.45) is 3.32. The van der Waals surface area contributed by atoms with Crippen molar-refractivity contribution in [2.24, 2.45) is 9.98 Å². The molecule has 1 unspecified atom stereocenters. The van der Waals surface area contributed by atoms with Gasteiger partial charge in [-0.1, -0.05) is 101 Å². The third-order valence-electron chi connectivity index (χ3n) is 6.29. The molecule has 0 saturated heterocycles. The van der Waals surface area contributed by atoms with E-state index in [-0.39, 0.29) is 6.17 Å². The molecular formula is C32H23BrN4. The van der Waals surface area contributed by atoms with Crippen LogP contribution in [0.5, 0.6) is 0 Å². The summed E-state index contributed by atoms with van der Waals surface area (Å²) < 4.78 is 0.992. The lowest BCUT2D eigenvalue weighted by molar-refractivity contribution is 0.674. The Kier molecular flexibility index (Phi) is 6.44. The van der Waals surface area contributed by atoms with E-state index in [0.29, 0.717) is 5.84 Å². The van der Waals surface area contributed by atoms with Crippen LogP contribution < -0.4 is 5.32 Å².